The fourth-order valence-corrected chi connectivity index (χ4v) is 2.34. The Kier molecular flexibility index (Phi) is 6.12. The van der Waals surface area contributed by atoms with E-state index >= 15 is 0 Å². The van der Waals surface area contributed by atoms with Gasteiger partial charge in [-0.25, -0.2) is 0 Å². The number of aromatic amines is 1. The maximum absolute atomic E-state index is 12.3. The molecule has 6 nitrogen and oxygen atoms in total. The summed E-state index contributed by atoms with van der Waals surface area (Å²) in [5, 5.41) is 12.5. The van der Waals surface area contributed by atoms with Crippen molar-refractivity contribution >= 4 is 23.2 Å². The van der Waals surface area contributed by atoms with E-state index in [0.717, 1.165) is 18.5 Å². The molecule has 1 heterocycles. The number of benzene rings is 1. The molecule has 128 valence electrons. The zero-order valence-corrected chi connectivity index (χ0v) is 14.3. The van der Waals surface area contributed by atoms with Gasteiger partial charge in [0.2, 0.25) is 5.91 Å². The van der Waals surface area contributed by atoms with E-state index in [1.54, 1.807) is 30.3 Å². The smallest absolute Gasteiger partial charge is 0.276 e. The van der Waals surface area contributed by atoms with Gasteiger partial charge in [-0.3, -0.25) is 14.7 Å². The van der Waals surface area contributed by atoms with Crippen LogP contribution in [0.5, 0.6) is 0 Å². The Labute approximate surface area is 142 Å². The van der Waals surface area contributed by atoms with Crippen LogP contribution in [-0.4, -0.2) is 22.0 Å². The molecule has 2 aromatic rings. The zero-order chi connectivity index (χ0) is 17.5. The molecule has 0 aliphatic heterocycles. The molecule has 3 N–H and O–H groups in total. The first-order chi connectivity index (χ1) is 11.5. The fourth-order valence-electron chi connectivity index (χ4n) is 2.34. The number of amides is 2. The highest BCUT2D eigenvalue weighted by molar-refractivity contribution is 6.03. The van der Waals surface area contributed by atoms with Crippen LogP contribution in [0.15, 0.2) is 30.3 Å². The Balaban J connectivity index is 2.01. The van der Waals surface area contributed by atoms with Crippen molar-refractivity contribution in [1.82, 2.24) is 10.2 Å². The number of anilines is 2. The van der Waals surface area contributed by atoms with E-state index in [2.05, 4.69) is 34.7 Å². The van der Waals surface area contributed by atoms with Crippen molar-refractivity contribution in [2.75, 3.05) is 10.6 Å². The van der Waals surface area contributed by atoms with E-state index in [1.165, 1.54) is 0 Å². The van der Waals surface area contributed by atoms with Crippen LogP contribution >= 0.6 is 0 Å². The molecule has 0 bridgehead atoms. The van der Waals surface area contributed by atoms with Crippen molar-refractivity contribution in [2.45, 2.75) is 40.0 Å². The Morgan fingerprint density at radius 3 is 2.54 bits per heavy atom. The first-order valence-corrected chi connectivity index (χ1v) is 8.23. The number of rotatable bonds is 7. The molecular weight excluding hydrogens is 304 g/mol. The van der Waals surface area contributed by atoms with Crippen molar-refractivity contribution < 1.29 is 9.59 Å². The number of nitrogens with one attached hydrogen (secondary N) is 3. The highest BCUT2D eigenvalue weighted by Gasteiger charge is 2.12. The Morgan fingerprint density at radius 1 is 1.17 bits per heavy atom. The summed E-state index contributed by atoms with van der Waals surface area (Å²) >= 11 is 0. The van der Waals surface area contributed by atoms with Gasteiger partial charge in [-0.15, -0.1) is 0 Å². The Bertz CT molecular complexity index is 707. The Hall–Kier alpha value is -2.63. The minimum absolute atomic E-state index is 0.0356. The molecule has 0 saturated heterocycles. The second-order valence-electron chi connectivity index (χ2n) is 6.21. The quantitative estimate of drug-likeness (QED) is 0.726. The third-order valence-electron chi connectivity index (χ3n) is 3.37. The summed E-state index contributed by atoms with van der Waals surface area (Å²) in [5.41, 5.74) is 2.57. The summed E-state index contributed by atoms with van der Waals surface area (Å²) in [7, 11) is 0. The molecule has 0 aliphatic carbocycles. The van der Waals surface area contributed by atoms with Crippen LogP contribution in [0.2, 0.25) is 0 Å². The third kappa shape index (κ3) is 5.22. The largest absolute Gasteiger partial charge is 0.326 e. The molecule has 1 aromatic heterocycles. The lowest BCUT2D eigenvalue weighted by Crippen LogP contribution is -2.13. The van der Waals surface area contributed by atoms with E-state index in [-0.39, 0.29) is 11.8 Å². The van der Waals surface area contributed by atoms with Crippen LogP contribution in [-0.2, 0) is 11.2 Å². The highest BCUT2D eigenvalue weighted by atomic mass is 16.2. The van der Waals surface area contributed by atoms with Crippen LogP contribution in [0.4, 0.5) is 11.4 Å². The summed E-state index contributed by atoms with van der Waals surface area (Å²) in [6.07, 6.45) is 2.11. The second kappa shape index (κ2) is 8.29. The molecular formula is C18H24N4O2. The lowest BCUT2D eigenvalue weighted by molar-refractivity contribution is -0.116. The van der Waals surface area contributed by atoms with Crippen LogP contribution in [0.25, 0.3) is 0 Å². The van der Waals surface area contributed by atoms with Crippen LogP contribution < -0.4 is 10.6 Å². The minimum atomic E-state index is -0.279. The summed E-state index contributed by atoms with van der Waals surface area (Å²) in [4.78, 5) is 23.9. The first kappa shape index (κ1) is 17.7. The maximum atomic E-state index is 12.3. The lowest BCUT2D eigenvalue weighted by Gasteiger charge is -2.07. The summed E-state index contributed by atoms with van der Waals surface area (Å²) in [6.45, 7) is 6.17. The van der Waals surface area contributed by atoms with E-state index < -0.39 is 0 Å². The van der Waals surface area contributed by atoms with Crippen molar-refractivity contribution in [3.8, 4) is 0 Å². The predicted molar refractivity (Wildman–Crippen MR) is 95.1 cm³/mol. The normalized spacial score (nSPS) is 10.7. The van der Waals surface area contributed by atoms with Gasteiger partial charge >= 0.3 is 0 Å². The molecule has 0 fully saturated rings. The lowest BCUT2D eigenvalue weighted by atomic mass is 10.1. The number of carbonyl (C=O) groups is 2. The number of nitrogens with zero attached hydrogens (tertiary/aromatic N) is 1. The zero-order valence-electron chi connectivity index (χ0n) is 14.3. The number of hydrogen-bond donors (Lipinski definition) is 3. The van der Waals surface area contributed by atoms with Gasteiger partial charge in [-0.1, -0.05) is 26.8 Å². The molecule has 0 aliphatic rings. The van der Waals surface area contributed by atoms with Gasteiger partial charge in [-0.05, 0) is 43.0 Å². The van der Waals surface area contributed by atoms with Gasteiger partial charge in [0.05, 0.1) is 0 Å². The van der Waals surface area contributed by atoms with Gasteiger partial charge in [-0.2, -0.15) is 5.10 Å². The van der Waals surface area contributed by atoms with E-state index in [0.29, 0.717) is 29.4 Å². The fraction of sp³-hybridized carbons (Fsp3) is 0.389. The van der Waals surface area contributed by atoms with Gasteiger partial charge in [0.25, 0.3) is 5.91 Å². The van der Waals surface area contributed by atoms with Crippen LogP contribution in [0.1, 0.15) is 49.8 Å². The number of H-pyrrole nitrogens is 1. The highest BCUT2D eigenvalue weighted by Crippen LogP contribution is 2.16. The minimum Gasteiger partial charge on any atom is -0.326 e. The molecule has 0 unspecified atom stereocenters. The monoisotopic (exact) mass is 328 g/mol. The second-order valence-corrected chi connectivity index (χ2v) is 6.21. The number of hydrogen-bond acceptors (Lipinski definition) is 3. The van der Waals surface area contributed by atoms with E-state index in [1.807, 2.05) is 6.92 Å². The van der Waals surface area contributed by atoms with Crippen molar-refractivity contribution in [2.24, 2.45) is 5.92 Å². The van der Waals surface area contributed by atoms with Crippen LogP contribution in [0.3, 0.4) is 0 Å². The van der Waals surface area contributed by atoms with Gasteiger partial charge in [0, 0.05) is 23.5 Å². The van der Waals surface area contributed by atoms with Gasteiger partial charge in [0.1, 0.15) is 0 Å². The average molecular weight is 328 g/mol. The molecule has 6 heteroatoms. The predicted octanol–water partition coefficient (Wildman–Crippen LogP) is 3.60. The molecule has 0 atom stereocenters. The summed E-state index contributed by atoms with van der Waals surface area (Å²) in [6, 6.07) is 8.84. The molecule has 0 saturated carbocycles. The summed E-state index contributed by atoms with van der Waals surface area (Å²) < 4.78 is 0. The molecule has 24 heavy (non-hydrogen) atoms. The molecule has 1 aromatic carbocycles. The SMILES string of the molecule is CCCC(=O)Nc1cccc(NC(=O)c2cc(CC(C)C)[nH]n2)c1. The molecule has 0 radical (unpaired) electrons. The number of carbonyl (C=O) groups excluding carboxylic acids is 2. The van der Waals surface area contributed by atoms with Crippen LogP contribution in [0, 0.1) is 5.92 Å². The standard InChI is InChI=1S/C18H24N4O2/c1-4-6-17(23)19-13-7-5-8-14(10-13)20-18(24)16-11-15(21-22-16)9-12(2)3/h5,7-8,10-12H,4,6,9H2,1-3H3,(H,19,23)(H,20,24)(H,21,22). The average Bonchev–Trinajstić information content (AvgIpc) is 2.95. The van der Waals surface area contributed by atoms with Crippen molar-refractivity contribution in [3.63, 3.8) is 0 Å². The topological polar surface area (TPSA) is 86.9 Å². The maximum Gasteiger partial charge on any atom is 0.276 e. The van der Waals surface area contributed by atoms with Gasteiger partial charge < -0.3 is 10.6 Å². The first-order valence-electron chi connectivity index (χ1n) is 8.23. The van der Waals surface area contributed by atoms with Crippen molar-refractivity contribution in [3.05, 3.63) is 41.7 Å². The molecule has 0 spiro atoms. The molecule has 2 rings (SSSR count). The van der Waals surface area contributed by atoms with E-state index in [9.17, 15) is 9.59 Å². The van der Waals surface area contributed by atoms with Gasteiger partial charge in [0.15, 0.2) is 5.69 Å². The third-order valence-corrected chi connectivity index (χ3v) is 3.37. The number of aromatic nitrogens is 2. The Morgan fingerprint density at radius 2 is 1.88 bits per heavy atom. The summed E-state index contributed by atoms with van der Waals surface area (Å²) in [5.74, 6) is 0.176. The molecule has 2 amide bonds. The van der Waals surface area contributed by atoms with E-state index in [4.69, 9.17) is 0 Å². The van der Waals surface area contributed by atoms with Crippen molar-refractivity contribution in [1.29, 1.82) is 0 Å².